The summed E-state index contributed by atoms with van der Waals surface area (Å²) in [4.78, 5) is 4.13. The Morgan fingerprint density at radius 2 is 2.06 bits per heavy atom. The number of benzene rings is 1. The third-order valence-corrected chi connectivity index (χ3v) is 2.96. The summed E-state index contributed by atoms with van der Waals surface area (Å²) in [6.45, 7) is 11.6. The Labute approximate surface area is 109 Å². The number of rotatable bonds is 4. The summed E-state index contributed by atoms with van der Waals surface area (Å²) in [5, 5.41) is 0. The molecule has 1 nitrogen and oxygen atoms in total. The fourth-order valence-electron chi connectivity index (χ4n) is 1.95. The predicted octanol–water partition coefficient (Wildman–Crippen LogP) is 4.92. The highest BCUT2D eigenvalue weighted by molar-refractivity contribution is 6.00. The lowest BCUT2D eigenvalue weighted by molar-refractivity contribution is 0.664. The van der Waals surface area contributed by atoms with E-state index in [-0.39, 0.29) is 0 Å². The molecule has 0 amide bonds. The second-order valence-corrected chi connectivity index (χ2v) is 4.61. The summed E-state index contributed by atoms with van der Waals surface area (Å²) in [6, 6.07) is 6.15. The first-order valence-electron chi connectivity index (χ1n) is 6.09. The summed E-state index contributed by atoms with van der Waals surface area (Å²) in [7, 11) is 0. The molecule has 18 heavy (non-hydrogen) atoms. The number of aliphatic imine (C=N–C) groups is 1. The van der Waals surface area contributed by atoms with Crippen molar-refractivity contribution in [2.24, 2.45) is 4.99 Å². The maximum Gasteiger partial charge on any atom is 0.140 e. The minimum atomic E-state index is -0.424. The van der Waals surface area contributed by atoms with Gasteiger partial charge in [-0.3, -0.25) is 4.99 Å². The summed E-state index contributed by atoms with van der Waals surface area (Å²) in [6.07, 6.45) is 2.35. The molecular weight excluding hydrogens is 225 g/mol. The molecule has 0 saturated heterocycles. The highest BCUT2D eigenvalue weighted by Gasteiger charge is 2.08. The molecule has 0 unspecified atom stereocenters. The Balaban J connectivity index is 3.18. The van der Waals surface area contributed by atoms with Crippen LogP contribution in [0.15, 0.2) is 47.9 Å². The van der Waals surface area contributed by atoms with Crippen molar-refractivity contribution in [3.8, 4) is 0 Å². The average molecular weight is 245 g/mol. The van der Waals surface area contributed by atoms with E-state index >= 15 is 0 Å². The predicted molar refractivity (Wildman–Crippen MR) is 76.9 cm³/mol. The van der Waals surface area contributed by atoms with E-state index in [9.17, 15) is 4.39 Å². The van der Waals surface area contributed by atoms with E-state index in [0.29, 0.717) is 5.92 Å². The lowest BCUT2D eigenvalue weighted by Crippen LogP contribution is -2.02. The monoisotopic (exact) mass is 245 g/mol. The maximum atomic E-state index is 13.0. The molecule has 0 radical (unpaired) electrons. The zero-order chi connectivity index (χ0) is 13.7. The van der Waals surface area contributed by atoms with Crippen LogP contribution < -0.4 is 0 Å². The van der Waals surface area contributed by atoms with Crippen molar-refractivity contribution in [2.75, 3.05) is 0 Å². The first kappa shape index (κ1) is 14.4. The maximum absolute atomic E-state index is 13.0. The standard InChI is InChI=1S/C16H20FN/c1-6-14(17)10-18-13(5)16-9-7-8-15(11(2)3)12(16)4/h6-11H,1H2,2-5H3/b14-10+,18-13+. The molecule has 1 aromatic rings. The molecule has 1 aromatic carbocycles. The molecule has 0 bridgehead atoms. The Morgan fingerprint density at radius 3 is 2.61 bits per heavy atom. The Morgan fingerprint density at radius 1 is 1.39 bits per heavy atom. The van der Waals surface area contributed by atoms with Crippen molar-refractivity contribution in [3.63, 3.8) is 0 Å². The third kappa shape index (κ3) is 3.39. The zero-order valence-corrected chi connectivity index (χ0v) is 11.5. The van der Waals surface area contributed by atoms with E-state index in [1.807, 2.05) is 19.1 Å². The van der Waals surface area contributed by atoms with Gasteiger partial charge in [0.15, 0.2) is 0 Å². The van der Waals surface area contributed by atoms with Gasteiger partial charge in [0, 0.05) is 5.71 Å². The fraction of sp³-hybridized carbons (Fsp3) is 0.312. The van der Waals surface area contributed by atoms with Crippen LogP contribution in [0, 0.1) is 6.92 Å². The van der Waals surface area contributed by atoms with Crippen LogP contribution in [-0.4, -0.2) is 5.71 Å². The summed E-state index contributed by atoms with van der Waals surface area (Å²) in [5.74, 6) is 0.0465. The molecule has 0 aliphatic rings. The van der Waals surface area contributed by atoms with Crippen molar-refractivity contribution in [2.45, 2.75) is 33.6 Å². The van der Waals surface area contributed by atoms with Gasteiger partial charge in [-0.25, -0.2) is 4.39 Å². The van der Waals surface area contributed by atoms with Gasteiger partial charge in [-0.05, 0) is 42.5 Å². The van der Waals surface area contributed by atoms with Crippen LogP contribution >= 0.6 is 0 Å². The molecule has 0 aliphatic heterocycles. The average Bonchev–Trinajstić information content (AvgIpc) is 2.35. The molecule has 0 heterocycles. The van der Waals surface area contributed by atoms with Crippen LogP contribution in [0.4, 0.5) is 4.39 Å². The van der Waals surface area contributed by atoms with Gasteiger partial charge in [0.25, 0.3) is 0 Å². The van der Waals surface area contributed by atoms with Crippen molar-refractivity contribution >= 4 is 5.71 Å². The van der Waals surface area contributed by atoms with Gasteiger partial charge in [-0.2, -0.15) is 0 Å². The molecule has 0 saturated carbocycles. The SMILES string of the molecule is C=C/C(F)=C\N=C(/C)c1cccc(C(C)C)c1C. The topological polar surface area (TPSA) is 12.4 Å². The molecule has 1 rings (SSSR count). The second kappa shape index (κ2) is 6.29. The molecule has 0 aliphatic carbocycles. The van der Waals surface area contributed by atoms with Crippen LogP contribution in [0.25, 0.3) is 0 Å². The Hall–Kier alpha value is -1.70. The van der Waals surface area contributed by atoms with Gasteiger partial charge in [-0.15, -0.1) is 0 Å². The van der Waals surface area contributed by atoms with E-state index in [1.54, 1.807) is 0 Å². The van der Waals surface area contributed by atoms with Gasteiger partial charge in [-0.1, -0.05) is 38.6 Å². The molecule has 0 fully saturated rings. The minimum Gasteiger partial charge on any atom is -0.258 e. The molecule has 0 aromatic heterocycles. The smallest absolute Gasteiger partial charge is 0.140 e. The Kier molecular flexibility index (Phi) is 5.02. The zero-order valence-electron chi connectivity index (χ0n) is 11.5. The van der Waals surface area contributed by atoms with E-state index in [0.717, 1.165) is 17.4 Å². The summed E-state index contributed by atoms with van der Waals surface area (Å²) >= 11 is 0. The first-order chi connectivity index (χ1) is 8.47. The van der Waals surface area contributed by atoms with Crippen LogP contribution in [0.5, 0.6) is 0 Å². The van der Waals surface area contributed by atoms with Crippen molar-refractivity contribution in [1.29, 1.82) is 0 Å². The normalized spacial score (nSPS) is 13.0. The van der Waals surface area contributed by atoms with E-state index in [2.05, 4.69) is 38.4 Å². The largest absolute Gasteiger partial charge is 0.258 e. The highest BCUT2D eigenvalue weighted by Crippen LogP contribution is 2.22. The number of hydrogen-bond acceptors (Lipinski definition) is 1. The van der Waals surface area contributed by atoms with Crippen LogP contribution in [0.2, 0.25) is 0 Å². The van der Waals surface area contributed by atoms with Crippen molar-refractivity contribution in [1.82, 2.24) is 0 Å². The van der Waals surface area contributed by atoms with Gasteiger partial charge < -0.3 is 0 Å². The second-order valence-electron chi connectivity index (χ2n) is 4.61. The van der Waals surface area contributed by atoms with Gasteiger partial charge in [0.2, 0.25) is 0 Å². The van der Waals surface area contributed by atoms with Crippen LogP contribution in [0.3, 0.4) is 0 Å². The number of allylic oxidation sites excluding steroid dienone is 2. The number of halogens is 1. The number of hydrogen-bond donors (Lipinski definition) is 0. The lowest BCUT2D eigenvalue weighted by Gasteiger charge is -2.13. The van der Waals surface area contributed by atoms with Gasteiger partial charge in [0.1, 0.15) is 5.83 Å². The molecule has 96 valence electrons. The van der Waals surface area contributed by atoms with Crippen LogP contribution in [-0.2, 0) is 0 Å². The van der Waals surface area contributed by atoms with Gasteiger partial charge in [0.05, 0.1) is 6.20 Å². The van der Waals surface area contributed by atoms with E-state index in [1.165, 1.54) is 17.3 Å². The van der Waals surface area contributed by atoms with Crippen molar-refractivity contribution in [3.05, 3.63) is 59.6 Å². The Bertz CT molecular complexity index is 496. The first-order valence-corrected chi connectivity index (χ1v) is 6.09. The van der Waals surface area contributed by atoms with Gasteiger partial charge >= 0.3 is 0 Å². The molecule has 0 N–H and O–H groups in total. The summed E-state index contributed by atoms with van der Waals surface area (Å²) in [5.41, 5.74) is 4.39. The van der Waals surface area contributed by atoms with E-state index < -0.39 is 5.83 Å². The molecule has 0 spiro atoms. The fourth-order valence-corrected chi connectivity index (χ4v) is 1.95. The van der Waals surface area contributed by atoms with E-state index in [4.69, 9.17) is 0 Å². The third-order valence-electron chi connectivity index (χ3n) is 2.96. The highest BCUT2D eigenvalue weighted by atomic mass is 19.1. The lowest BCUT2D eigenvalue weighted by atomic mass is 9.93. The van der Waals surface area contributed by atoms with Crippen molar-refractivity contribution < 1.29 is 4.39 Å². The minimum absolute atomic E-state index is 0.424. The molecular formula is C16H20FN. The molecule has 0 atom stereocenters. The number of nitrogens with zero attached hydrogens (tertiary/aromatic N) is 1. The summed E-state index contributed by atoms with van der Waals surface area (Å²) < 4.78 is 13.0. The molecule has 2 heteroatoms. The van der Waals surface area contributed by atoms with Crippen LogP contribution in [0.1, 0.15) is 43.4 Å². The quantitative estimate of drug-likeness (QED) is 0.527.